The van der Waals surface area contributed by atoms with E-state index in [0.717, 1.165) is 24.7 Å². The monoisotopic (exact) mass is 278 g/mol. The lowest BCUT2D eigenvalue weighted by Gasteiger charge is -2.57. The highest BCUT2D eigenvalue weighted by Gasteiger charge is 2.51. The highest BCUT2D eigenvalue weighted by molar-refractivity contribution is 5.02. The maximum Gasteiger partial charge on any atom is 0.0797 e. The largest absolute Gasteiger partial charge is 0.386 e. The first-order chi connectivity index (χ1) is 9.21. The minimum Gasteiger partial charge on any atom is -0.386 e. The van der Waals surface area contributed by atoms with Crippen LogP contribution in [0.25, 0.3) is 0 Å². The Bertz CT molecular complexity index is 355. The zero-order valence-corrected chi connectivity index (χ0v) is 14.0. The van der Waals surface area contributed by atoms with Crippen LogP contribution in [0.4, 0.5) is 0 Å². The quantitative estimate of drug-likeness (QED) is 0.688. The molecule has 0 saturated heterocycles. The molecule has 0 radical (unpaired) electrons. The second-order valence-corrected chi connectivity index (χ2v) is 8.63. The van der Waals surface area contributed by atoms with Crippen LogP contribution in [0.1, 0.15) is 79.1 Å². The molecule has 2 saturated carbocycles. The standard InChI is InChI=1S/C19H34O/c1-6-18(4,20)14-11-15-9-7-10-16-17(2,3)12-8-13-19(15,16)5/h6,15-16,20H,1,7-14H2,2-5H3/t15-,16-,18-,19-/m0/s1. The molecule has 1 heteroatoms. The third-order valence-corrected chi connectivity index (χ3v) is 6.69. The first kappa shape index (κ1) is 16.1. The van der Waals surface area contributed by atoms with Crippen molar-refractivity contribution >= 4 is 0 Å². The highest BCUT2D eigenvalue weighted by atomic mass is 16.3. The van der Waals surface area contributed by atoms with Crippen molar-refractivity contribution in [2.45, 2.75) is 84.7 Å². The average Bonchev–Trinajstić information content (AvgIpc) is 2.36. The predicted octanol–water partition coefficient (Wildman–Crippen LogP) is 5.34. The van der Waals surface area contributed by atoms with Crippen LogP contribution in [0.2, 0.25) is 0 Å². The zero-order valence-electron chi connectivity index (χ0n) is 14.0. The molecule has 2 rings (SSSR count). The SMILES string of the molecule is C=C[C@](C)(O)CC[C@@H]1CCC[C@H]2C(C)(C)CCC[C@@]12C. The maximum atomic E-state index is 10.2. The second-order valence-electron chi connectivity index (χ2n) is 8.63. The van der Waals surface area contributed by atoms with Crippen molar-refractivity contribution in [1.82, 2.24) is 0 Å². The van der Waals surface area contributed by atoms with E-state index >= 15 is 0 Å². The molecule has 0 aromatic heterocycles. The molecule has 0 amide bonds. The summed E-state index contributed by atoms with van der Waals surface area (Å²) in [6.07, 6.45) is 12.0. The van der Waals surface area contributed by atoms with Crippen LogP contribution >= 0.6 is 0 Å². The molecule has 4 atom stereocenters. The van der Waals surface area contributed by atoms with Gasteiger partial charge in [0.1, 0.15) is 0 Å². The first-order valence-electron chi connectivity index (χ1n) is 8.57. The van der Waals surface area contributed by atoms with Crippen molar-refractivity contribution < 1.29 is 5.11 Å². The Morgan fingerprint density at radius 2 is 1.90 bits per heavy atom. The Hall–Kier alpha value is -0.300. The van der Waals surface area contributed by atoms with E-state index in [0.29, 0.717) is 10.8 Å². The van der Waals surface area contributed by atoms with Gasteiger partial charge in [0.05, 0.1) is 5.60 Å². The minimum atomic E-state index is -0.687. The van der Waals surface area contributed by atoms with Gasteiger partial charge in [-0.05, 0) is 68.1 Å². The molecule has 2 aliphatic rings. The van der Waals surface area contributed by atoms with E-state index in [1.165, 1.54) is 38.5 Å². The summed E-state index contributed by atoms with van der Waals surface area (Å²) in [7, 11) is 0. The summed E-state index contributed by atoms with van der Waals surface area (Å²) in [6, 6.07) is 0. The van der Waals surface area contributed by atoms with E-state index in [-0.39, 0.29) is 0 Å². The average molecular weight is 278 g/mol. The van der Waals surface area contributed by atoms with Gasteiger partial charge in [-0.25, -0.2) is 0 Å². The van der Waals surface area contributed by atoms with Crippen LogP contribution in [0.15, 0.2) is 12.7 Å². The van der Waals surface area contributed by atoms with E-state index in [1.54, 1.807) is 6.08 Å². The predicted molar refractivity (Wildman–Crippen MR) is 86.6 cm³/mol. The van der Waals surface area contributed by atoms with Gasteiger partial charge in [0, 0.05) is 0 Å². The van der Waals surface area contributed by atoms with Gasteiger partial charge in [-0.2, -0.15) is 0 Å². The van der Waals surface area contributed by atoms with Gasteiger partial charge >= 0.3 is 0 Å². The fourth-order valence-electron chi connectivity index (χ4n) is 5.32. The molecule has 0 bridgehead atoms. The molecular formula is C19H34O. The molecule has 2 fully saturated rings. The van der Waals surface area contributed by atoms with Crippen LogP contribution in [-0.4, -0.2) is 10.7 Å². The molecule has 0 aliphatic heterocycles. The molecular weight excluding hydrogens is 244 g/mol. The number of rotatable bonds is 4. The Morgan fingerprint density at radius 3 is 2.55 bits per heavy atom. The lowest BCUT2D eigenvalue weighted by molar-refractivity contribution is -0.0792. The maximum absolute atomic E-state index is 10.2. The molecule has 1 nitrogen and oxygen atoms in total. The third-order valence-electron chi connectivity index (χ3n) is 6.69. The Balaban J connectivity index is 2.11. The van der Waals surface area contributed by atoms with Crippen LogP contribution in [-0.2, 0) is 0 Å². The molecule has 0 aromatic rings. The van der Waals surface area contributed by atoms with E-state index < -0.39 is 5.60 Å². The Morgan fingerprint density at radius 1 is 1.20 bits per heavy atom. The molecule has 0 aromatic carbocycles. The summed E-state index contributed by atoms with van der Waals surface area (Å²) in [6.45, 7) is 13.2. The summed E-state index contributed by atoms with van der Waals surface area (Å²) in [5.41, 5.74) is 0.317. The highest BCUT2D eigenvalue weighted by Crippen LogP contribution is 2.60. The summed E-state index contributed by atoms with van der Waals surface area (Å²) in [4.78, 5) is 0. The second kappa shape index (κ2) is 5.48. The number of hydrogen-bond donors (Lipinski definition) is 1. The van der Waals surface area contributed by atoms with Gasteiger partial charge in [0.2, 0.25) is 0 Å². The van der Waals surface area contributed by atoms with Crippen LogP contribution < -0.4 is 0 Å². The fraction of sp³-hybridized carbons (Fsp3) is 0.895. The zero-order chi connectivity index (χ0) is 15.0. The van der Waals surface area contributed by atoms with Gasteiger partial charge in [-0.1, -0.05) is 39.7 Å². The fourth-order valence-corrected chi connectivity index (χ4v) is 5.32. The molecule has 0 spiro atoms. The van der Waals surface area contributed by atoms with Crippen LogP contribution in [0.5, 0.6) is 0 Å². The summed E-state index contributed by atoms with van der Waals surface area (Å²) >= 11 is 0. The summed E-state index contributed by atoms with van der Waals surface area (Å²) in [5.74, 6) is 1.66. The van der Waals surface area contributed by atoms with Gasteiger partial charge in [-0.3, -0.25) is 0 Å². The normalized spacial score (nSPS) is 39.6. The van der Waals surface area contributed by atoms with Crippen molar-refractivity contribution in [1.29, 1.82) is 0 Å². The van der Waals surface area contributed by atoms with E-state index in [2.05, 4.69) is 27.4 Å². The van der Waals surface area contributed by atoms with E-state index in [1.807, 2.05) is 6.92 Å². The van der Waals surface area contributed by atoms with Crippen molar-refractivity contribution in [3.05, 3.63) is 12.7 Å². The summed E-state index contributed by atoms with van der Waals surface area (Å²) < 4.78 is 0. The van der Waals surface area contributed by atoms with Gasteiger partial charge in [0.25, 0.3) is 0 Å². The molecule has 1 N–H and O–H groups in total. The van der Waals surface area contributed by atoms with E-state index in [4.69, 9.17) is 0 Å². The van der Waals surface area contributed by atoms with E-state index in [9.17, 15) is 5.11 Å². The molecule has 0 heterocycles. The number of fused-ring (bicyclic) bond motifs is 1. The lowest BCUT2D eigenvalue weighted by atomic mass is 9.48. The van der Waals surface area contributed by atoms with Crippen molar-refractivity contribution in [3.8, 4) is 0 Å². The van der Waals surface area contributed by atoms with Crippen molar-refractivity contribution in [2.24, 2.45) is 22.7 Å². The Kier molecular flexibility index (Phi) is 4.40. The molecule has 116 valence electrons. The van der Waals surface area contributed by atoms with Gasteiger partial charge in [-0.15, -0.1) is 6.58 Å². The third kappa shape index (κ3) is 2.98. The van der Waals surface area contributed by atoms with Gasteiger partial charge in [0.15, 0.2) is 0 Å². The van der Waals surface area contributed by atoms with Crippen LogP contribution in [0.3, 0.4) is 0 Å². The summed E-state index contributed by atoms with van der Waals surface area (Å²) in [5, 5.41) is 10.2. The molecule has 2 aliphatic carbocycles. The van der Waals surface area contributed by atoms with Gasteiger partial charge < -0.3 is 5.11 Å². The van der Waals surface area contributed by atoms with Crippen LogP contribution in [0, 0.1) is 22.7 Å². The lowest BCUT2D eigenvalue weighted by Crippen LogP contribution is -2.49. The minimum absolute atomic E-state index is 0.497. The number of hydrogen-bond acceptors (Lipinski definition) is 1. The van der Waals surface area contributed by atoms with Crippen molar-refractivity contribution in [3.63, 3.8) is 0 Å². The van der Waals surface area contributed by atoms with Crippen molar-refractivity contribution in [2.75, 3.05) is 0 Å². The number of aliphatic hydroxyl groups is 1. The first-order valence-corrected chi connectivity index (χ1v) is 8.57. The molecule has 20 heavy (non-hydrogen) atoms. The molecule has 0 unspecified atom stereocenters. The topological polar surface area (TPSA) is 20.2 Å². The Labute approximate surface area is 125 Å². The smallest absolute Gasteiger partial charge is 0.0797 e.